The summed E-state index contributed by atoms with van der Waals surface area (Å²) in [6.45, 7) is 1.45. The van der Waals surface area contributed by atoms with Gasteiger partial charge in [-0.2, -0.15) is 0 Å². The molecule has 0 unspecified atom stereocenters. The van der Waals surface area contributed by atoms with Gasteiger partial charge in [-0.05, 0) is 12.1 Å². The van der Waals surface area contributed by atoms with Gasteiger partial charge in [-0.15, -0.1) is 0 Å². The Morgan fingerprint density at radius 2 is 2.08 bits per heavy atom. The van der Waals surface area contributed by atoms with Crippen molar-refractivity contribution in [3.05, 3.63) is 66.9 Å². The molecule has 0 bridgehead atoms. The summed E-state index contributed by atoms with van der Waals surface area (Å²) in [4.78, 5) is 31.2. The first-order chi connectivity index (χ1) is 12.3. The highest BCUT2D eigenvalue weighted by atomic mass is 16.5. The molecular weight excluding hydrogens is 320 g/mol. The quantitative estimate of drug-likeness (QED) is 0.716. The van der Waals surface area contributed by atoms with E-state index in [4.69, 9.17) is 4.74 Å². The fourth-order valence-electron chi connectivity index (χ4n) is 2.73. The minimum atomic E-state index is -0.260. The highest BCUT2D eigenvalue weighted by Crippen LogP contribution is 2.21. The molecule has 1 aliphatic heterocycles. The molecule has 0 aromatic carbocycles. The maximum atomic E-state index is 12.7. The Morgan fingerprint density at radius 3 is 2.80 bits per heavy atom. The first-order valence-electron chi connectivity index (χ1n) is 7.92. The lowest BCUT2D eigenvalue weighted by Crippen LogP contribution is -2.42. The van der Waals surface area contributed by atoms with Gasteiger partial charge in [0.1, 0.15) is 18.2 Å². The van der Waals surface area contributed by atoms with E-state index in [-0.39, 0.29) is 12.0 Å². The van der Waals surface area contributed by atoms with Crippen LogP contribution >= 0.6 is 0 Å². The lowest BCUT2D eigenvalue weighted by Gasteiger charge is -2.32. The summed E-state index contributed by atoms with van der Waals surface area (Å²) < 4.78 is 7.51. The van der Waals surface area contributed by atoms with Gasteiger partial charge in [-0.3, -0.25) is 19.3 Å². The SMILES string of the molecule is O=C(c1ccc(-n2ccnc2)nc1)N1CCO[C@@H](c2cnccn2)C1. The van der Waals surface area contributed by atoms with E-state index in [1.54, 1.807) is 65.1 Å². The van der Waals surface area contributed by atoms with E-state index in [0.717, 1.165) is 5.69 Å². The molecule has 8 heteroatoms. The highest BCUT2D eigenvalue weighted by molar-refractivity contribution is 5.94. The predicted octanol–water partition coefficient (Wildman–Crippen LogP) is 1.27. The molecular formula is C17H16N6O2. The van der Waals surface area contributed by atoms with E-state index in [1.165, 1.54) is 0 Å². The van der Waals surface area contributed by atoms with Gasteiger partial charge in [0.25, 0.3) is 5.91 Å². The van der Waals surface area contributed by atoms with Gasteiger partial charge in [0.2, 0.25) is 0 Å². The molecule has 3 aromatic heterocycles. The summed E-state index contributed by atoms with van der Waals surface area (Å²) in [5.74, 6) is 0.648. The molecule has 1 fully saturated rings. The maximum absolute atomic E-state index is 12.7. The largest absolute Gasteiger partial charge is 0.368 e. The molecule has 1 aliphatic rings. The summed E-state index contributed by atoms with van der Waals surface area (Å²) in [5, 5.41) is 0. The van der Waals surface area contributed by atoms with Crippen molar-refractivity contribution in [3.8, 4) is 5.82 Å². The average Bonchev–Trinajstić information content (AvgIpc) is 3.23. The van der Waals surface area contributed by atoms with Crippen LogP contribution < -0.4 is 0 Å². The Morgan fingerprint density at radius 1 is 1.12 bits per heavy atom. The molecule has 0 saturated carbocycles. The molecule has 1 amide bonds. The zero-order valence-corrected chi connectivity index (χ0v) is 13.4. The number of pyridine rings is 1. The normalized spacial score (nSPS) is 17.4. The predicted molar refractivity (Wildman–Crippen MR) is 88.0 cm³/mol. The van der Waals surface area contributed by atoms with Crippen LogP contribution in [-0.4, -0.2) is 55.0 Å². The number of nitrogens with zero attached hydrogens (tertiary/aromatic N) is 6. The second-order valence-electron chi connectivity index (χ2n) is 5.62. The third-order valence-corrected chi connectivity index (χ3v) is 4.03. The summed E-state index contributed by atoms with van der Waals surface area (Å²) in [6, 6.07) is 3.58. The minimum Gasteiger partial charge on any atom is -0.368 e. The number of hydrogen-bond acceptors (Lipinski definition) is 6. The number of hydrogen-bond donors (Lipinski definition) is 0. The third-order valence-electron chi connectivity index (χ3n) is 4.03. The van der Waals surface area contributed by atoms with Crippen molar-refractivity contribution in [2.24, 2.45) is 0 Å². The molecule has 3 aromatic rings. The third kappa shape index (κ3) is 3.24. The van der Waals surface area contributed by atoms with E-state index in [1.807, 2.05) is 0 Å². The smallest absolute Gasteiger partial charge is 0.255 e. The number of morpholine rings is 1. The number of aromatic nitrogens is 5. The Labute approximate surface area is 144 Å². The monoisotopic (exact) mass is 336 g/mol. The van der Waals surface area contributed by atoms with E-state index < -0.39 is 0 Å². The van der Waals surface area contributed by atoms with Crippen LogP contribution in [0, 0.1) is 0 Å². The summed E-state index contributed by atoms with van der Waals surface area (Å²) >= 11 is 0. The summed E-state index contributed by atoms with van der Waals surface area (Å²) in [5.41, 5.74) is 1.28. The average molecular weight is 336 g/mol. The topological polar surface area (TPSA) is 86.0 Å². The van der Waals surface area contributed by atoms with Crippen molar-refractivity contribution in [2.75, 3.05) is 19.7 Å². The first-order valence-corrected chi connectivity index (χ1v) is 7.92. The van der Waals surface area contributed by atoms with Gasteiger partial charge < -0.3 is 9.64 Å². The van der Waals surface area contributed by atoms with Crippen LogP contribution in [0.5, 0.6) is 0 Å². The lowest BCUT2D eigenvalue weighted by molar-refractivity contribution is -0.0249. The molecule has 1 saturated heterocycles. The molecule has 0 aliphatic carbocycles. The molecule has 0 N–H and O–H groups in total. The number of imidazole rings is 1. The van der Waals surface area contributed by atoms with Crippen molar-refractivity contribution in [3.63, 3.8) is 0 Å². The maximum Gasteiger partial charge on any atom is 0.255 e. The van der Waals surface area contributed by atoms with Crippen molar-refractivity contribution in [1.82, 2.24) is 29.4 Å². The Kier molecular flexibility index (Phi) is 4.17. The van der Waals surface area contributed by atoms with Crippen LogP contribution in [0.2, 0.25) is 0 Å². The Hall–Kier alpha value is -3.13. The van der Waals surface area contributed by atoms with E-state index in [9.17, 15) is 4.79 Å². The second-order valence-corrected chi connectivity index (χ2v) is 5.62. The summed E-state index contributed by atoms with van der Waals surface area (Å²) in [7, 11) is 0. The number of ether oxygens (including phenoxy) is 1. The molecule has 126 valence electrons. The summed E-state index contributed by atoms with van der Waals surface area (Å²) in [6.07, 6.45) is 11.4. The number of carbonyl (C=O) groups is 1. The van der Waals surface area contributed by atoms with E-state index in [0.29, 0.717) is 31.1 Å². The van der Waals surface area contributed by atoms with Crippen LogP contribution in [0.25, 0.3) is 5.82 Å². The van der Waals surface area contributed by atoms with Crippen LogP contribution in [0.4, 0.5) is 0 Å². The zero-order valence-electron chi connectivity index (χ0n) is 13.4. The highest BCUT2D eigenvalue weighted by Gasteiger charge is 2.27. The van der Waals surface area contributed by atoms with Gasteiger partial charge in [0, 0.05) is 37.5 Å². The number of amides is 1. The standard InChI is InChI=1S/C17H16N6O2/c24-17(13-1-2-16(21-9-13)23-6-5-19-12-23)22-7-8-25-15(11-22)14-10-18-3-4-20-14/h1-6,9-10,12,15H,7-8,11H2/t15-/m1/s1. The zero-order chi connectivity index (χ0) is 17.1. The van der Waals surface area contributed by atoms with Gasteiger partial charge >= 0.3 is 0 Å². The Balaban J connectivity index is 1.48. The fourth-order valence-corrected chi connectivity index (χ4v) is 2.73. The van der Waals surface area contributed by atoms with E-state index in [2.05, 4.69) is 19.9 Å². The van der Waals surface area contributed by atoms with Crippen LogP contribution in [0.15, 0.2) is 55.6 Å². The van der Waals surface area contributed by atoms with Gasteiger partial charge in [0.15, 0.2) is 0 Å². The van der Waals surface area contributed by atoms with Gasteiger partial charge in [0.05, 0.1) is 30.6 Å². The lowest BCUT2D eigenvalue weighted by atomic mass is 10.1. The van der Waals surface area contributed by atoms with Crippen molar-refractivity contribution >= 4 is 5.91 Å². The number of carbonyl (C=O) groups excluding carboxylic acids is 1. The molecule has 8 nitrogen and oxygen atoms in total. The molecule has 1 atom stereocenters. The van der Waals surface area contributed by atoms with Crippen LogP contribution in [-0.2, 0) is 4.74 Å². The van der Waals surface area contributed by atoms with Gasteiger partial charge in [-0.25, -0.2) is 9.97 Å². The molecule has 4 rings (SSSR count). The van der Waals surface area contributed by atoms with Crippen molar-refractivity contribution < 1.29 is 9.53 Å². The van der Waals surface area contributed by atoms with Crippen molar-refractivity contribution in [1.29, 1.82) is 0 Å². The molecule has 25 heavy (non-hydrogen) atoms. The molecule has 0 spiro atoms. The first kappa shape index (κ1) is 15.4. The fraction of sp³-hybridized carbons (Fsp3) is 0.235. The van der Waals surface area contributed by atoms with Crippen molar-refractivity contribution in [2.45, 2.75) is 6.10 Å². The molecule has 0 radical (unpaired) electrons. The van der Waals surface area contributed by atoms with E-state index >= 15 is 0 Å². The van der Waals surface area contributed by atoms with Crippen LogP contribution in [0.3, 0.4) is 0 Å². The number of rotatable bonds is 3. The van der Waals surface area contributed by atoms with Crippen LogP contribution in [0.1, 0.15) is 22.2 Å². The molecule has 4 heterocycles. The Bertz CT molecular complexity index is 835. The van der Waals surface area contributed by atoms with Gasteiger partial charge in [-0.1, -0.05) is 0 Å². The second kappa shape index (κ2) is 6.78. The minimum absolute atomic E-state index is 0.0677.